The van der Waals surface area contributed by atoms with E-state index in [0.717, 1.165) is 11.8 Å². The number of hydrogen-bond donors (Lipinski definition) is 0. The third kappa shape index (κ3) is 1.61. The van der Waals surface area contributed by atoms with E-state index in [4.69, 9.17) is 0 Å². The van der Waals surface area contributed by atoms with Crippen molar-refractivity contribution in [2.75, 3.05) is 0 Å². The van der Waals surface area contributed by atoms with Crippen LogP contribution in [0.25, 0.3) is 0 Å². The van der Waals surface area contributed by atoms with E-state index in [1.54, 1.807) is 10.9 Å². The Morgan fingerprint density at radius 2 is 2.42 bits per heavy atom. The highest BCUT2D eigenvalue weighted by Crippen LogP contribution is 2.03. The quantitative estimate of drug-likeness (QED) is 0.502. The van der Waals surface area contributed by atoms with E-state index in [1.165, 1.54) is 0 Å². The van der Waals surface area contributed by atoms with E-state index >= 15 is 0 Å². The van der Waals surface area contributed by atoms with Crippen LogP contribution in [0.15, 0.2) is 18.3 Å². The zero-order valence-electron chi connectivity index (χ0n) is 7.32. The predicted octanol–water partition coefficient (Wildman–Crippen LogP) is 1.58. The van der Waals surface area contributed by atoms with Gasteiger partial charge in [-0.1, -0.05) is 12.2 Å². The predicted molar refractivity (Wildman–Crippen MR) is 47.2 cm³/mol. The van der Waals surface area contributed by atoms with Crippen molar-refractivity contribution in [2.24, 2.45) is 0 Å². The Labute approximate surface area is 71.7 Å². The van der Waals surface area contributed by atoms with Crippen molar-refractivity contribution in [1.29, 1.82) is 0 Å². The number of rotatable bonds is 3. The second-order valence-corrected chi connectivity index (χ2v) is 2.58. The normalized spacial score (nSPS) is 10.8. The first-order valence-electron chi connectivity index (χ1n) is 3.88. The molecule has 0 aliphatic carbocycles. The number of allylic oxidation sites excluding steroid dienone is 2. The Morgan fingerprint density at radius 1 is 1.67 bits per heavy atom. The molecule has 1 aromatic heterocycles. The molecule has 3 nitrogen and oxygen atoms in total. The monoisotopic (exact) mass is 164 g/mol. The topological polar surface area (TPSA) is 34.9 Å². The molecule has 3 heteroatoms. The Hall–Kier alpha value is -1.38. The summed E-state index contributed by atoms with van der Waals surface area (Å²) in [5.74, 6) is 0. The van der Waals surface area contributed by atoms with E-state index in [9.17, 15) is 4.79 Å². The summed E-state index contributed by atoms with van der Waals surface area (Å²) in [5.41, 5.74) is 1.59. The summed E-state index contributed by atoms with van der Waals surface area (Å²) < 4.78 is 1.68. The van der Waals surface area contributed by atoms with Crippen molar-refractivity contribution < 1.29 is 4.79 Å². The fourth-order valence-corrected chi connectivity index (χ4v) is 0.993. The molecule has 1 rings (SSSR count). The summed E-state index contributed by atoms with van der Waals surface area (Å²) in [5, 5.41) is 4.06. The van der Waals surface area contributed by atoms with Crippen LogP contribution in [0.2, 0.25) is 0 Å². The minimum absolute atomic E-state index is 0.660. The molecule has 12 heavy (non-hydrogen) atoms. The van der Waals surface area contributed by atoms with Crippen LogP contribution >= 0.6 is 0 Å². The van der Waals surface area contributed by atoms with Gasteiger partial charge in [-0.25, -0.2) is 0 Å². The van der Waals surface area contributed by atoms with Gasteiger partial charge in [0.15, 0.2) is 6.29 Å². The number of aryl methyl sites for hydroxylation is 1. The van der Waals surface area contributed by atoms with Gasteiger partial charge < -0.3 is 0 Å². The molecule has 1 heterocycles. The Bertz CT molecular complexity index is 299. The van der Waals surface area contributed by atoms with Crippen LogP contribution in [0, 0.1) is 6.92 Å². The number of aldehydes is 1. The number of carbonyl (C=O) groups excluding carboxylic acids is 1. The van der Waals surface area contributed by atoms with Crippen molar-refractivity contribution >= 4 is 6.29 Å². The molecule has 0 aromatic carbocycles. The van der Waals surface area contributed by atoms with Gasteiger partial charge in [-0.2, -0.15) is 5.10 Å². The van der Waals surface area contributed by atoms with Gasteiger partial charge in [-0.15, -0.1) is 0 Å². The van der Waals surface area contributed by atoms with Gasteiger partial charge in [0.2, 0.25) is 0 Å². The van der Waals surface area contributed by atoms with Crippen LogP contribution < -0.4 is 0 Å². The van der Waals surface area contributed by atoms with Crippen LogP contribution in [0.3, 0.4) is 0 Å². The van der Waals surface area contributed by atoms with E-state index in [0.29, 0.717) is 12.2 Å². The van der Waals surface area contributed by atoms with E-state index < -0.39 is 0 Å². The second-order valence-electron chi connectivity index (χ2n) is 2.58. The second kappa shape index (κ2) is 3.85. The van der Waals surface area contributed by atoms with Crippen molar-refractivity contribution in [3.8, 4) is 0 Å². The fraction of sp³-hybridized carbons (Fsp3) is 0.333. The van der Waals surface area contributed by atoms with E-state index in [1.807, 2.05) is 26.0 Å². The highest BCUT2D eigenvalue weighted by Gasteiger charge is 2.03. The highest BCUT2D eigenvalue weighted by molar-refractivity contribution is 5.74. The molecule has 0 saturated carbocycles. The molecule has 0 radical (unpaired) electrons. The van der Waals surface area contributed by atoms with Crippen molar-refractivity contribution in [1.82, 2.24) is 9.78 Å². The maximum absolute atomic E-state index is 10.6. The van der Waals surface area contributed by atoms with Crippen LogP contribution in [0.4, 0.5) is 0 Å². The first kappa shape index (κ1) is 8.71. The molecule has 0 bridgehead atoms. The number of nitrogens with zero attached hydrogens (tertiary/aromatic N) is 2. The minimum Gasteiger partial charge on any atom is -0.296 e. The third-order valence-corrected chi connectivity index (χ3v) is 1.70. The smallest absolute Gasteiger partial charge is 0.168 e. The Morgan fingerprint density at radius 3 is 3.00 bits per heavy atom. The van der Waals surface area contributed by atoms with Gasteiger partial charge in [0.25, 0.3) is 0 Å². The number of hydrogen-bond acceptors (Lipinski definition) is 2. The zero-order chi connectivity index (χ0) is 8.97. The van der Waals surface area contributed by atoms with E-state index in [-0.39, 0.29) is 0 Å². The average Bonchev–Trinajstić information content (AvgIpc) is 2.43. The molecule has 0 atom stereocenters. The first-order chi connectivity index (χ1) is 5.79. The molecule has 0 N–H and O–H groups in total. The molecule has 0 saturated heterocycles. The minimum atomic E-state index is 0.660. The summed E-state index contributed by atoms with van der Waals surface area (Å²) in [6.07, 6.45) is 6.43. The maximum atomic E-state index is 10.6. The molecule has 1 aromatic rings. The number of aromatic nitrogens is 2. The largest absolute Gasteiger partial charge is 0.296 e. The van der Waals surface area contributed by atoms with Crippen molar-refractivity contribution in [2.45, 2.75) is 20.4 Å². The van der Waals surface area contributed by atoms with Crippen LogP contribution in [-0.4, -0.2) is 16.1 Å². The Kier molecular flexibility index (Phi) is 2.80. The van der Waals surface area contributed by atoms with Gasteiger partial charge in [-0.05, 0) is 19.4 Å². The van der Waals surface area contributed by atoms with Crippen LogP contribution in [0.1, 0.15) is 23.0 Å². The zero-order valence-corrected chi connectivity index (χ0v) is 7.32. The summed E-state index contributed by atoms with van der Waals surface area (Å²) in [6, 6.07) is 0. The van der Waals surface area contributed by atoms with Gasteiger partial charge >= 0.3 is 0 Å². The molecule has 0 aliphatic heterocycles. The summed E-state index contributed by atoms with van der Waals surface area (Å²) in [6.45, 7) is 4.48. The third-order valence-electron chi connectivity index (χ3n) is 1.70. The first-order valence-corrected chi connectivity index (χ1v) is 3.88. The lowest BCUT2D eigenvalue weighted by Gasteiger charge is -1.97. The van der Waals surface area contributed by atoms with Crippen molar-refractivity contribution in [3.63, 3.8) is 0 Å². The SMILES string of the molecule is CC=CCn1ncc(C)c1C=O. The average molecular weight is 164 g/mol. The molecule has 0 unspecified atom stereocenters. The maximum Gasteiger partial charge on any atom is 0.168 e. The van der Waals surface area contributed by atoms with Gasteiger partial charge in [0.05, 0.1) is 12.7 Å². The molecule has 0 aliphatic rings. The summed E-state index contributed by atoms with van der Waals surface area (Å²) in [7, 11) is 0. The molecule has 0 spiro atoms. The van der Waals surface area contributed by atoms with Crippen molar-refractivity contribution in [3.05, 3.63) is 29.6 Å². The lowest BCUT2D eigenvalue weighted by Crippen LogP contribution is -2.02. The number of carbonyl (C=O) groups is 1. The van der Waals surface area contributed by atoms with E-state index in [2.05, 4.69) is 5.10 Å². The fourth-order valence-electron chi connectivity index (χ4n) is 0.993. The summed E-state index contributed by atoms with van der Waals surface area (Å²) >= 11 is 0. The molecular weight excluding hydrogens is 152 g/mol. The van der Waals surface area contributed by atoms with Crippen LogP contribution in [0.5, 0.6) is 0 Å². The molecule has 0 fully saturated rings. The van der Waals surface area contributed by atoms with Gasteiger partial charge in [-0.3, -0.25) is 9.48 Å². The summed E-state index contributed by atoms with van der Waals surface area (Å²) in [4.78, 5) is 10.6. The van der Waals surface area contributed by atoms with Gasteiger partial charge in [0.1, 0.15) is 5.69 Å². The van der Waals surface area contributed by atoms with Crippen LogP contribution in [-0.2, 0) is 6.54 Å². The molecular formula is C9H12N2O. The standard InChI is InChI=1S/C9H12N2O/c1-3-4-5-11-9(7-12)8(2)6-10-11/h3-4,6-7H,5H2,1-2H3. The molecule has 0 amide bonds. The Balaban J connectivity index is 2.91. The highest BCUT2D eigenvalue weighted by atomic mass is 16.1. The molecule has 64 valence electrons. The lowest BCUT2D eigenvalue weighted by molar-refractivity contribution is 0.111. The van der Waals surface area contributed by atoms with Gasteiger partial charge in [0, 0.05) is 0 Å². The lowest BCUT2D eigenvalue weighted by atomic mass is 10.3.